The van der Waals surface area contributed by atoms with E-state index in [1.807, 2.05) is 22.7 Å². The van der Waals surface area contributed by atoms with Crippen LogP contribution in [0.3, 0.4) is 0 Å². The first kappa shape index (κ1) is 31.9. The minimum absolute atomic E-state index is 0.0792. The van der Waals surface area contributed by atoms with Crippen LogP contribution in [0.15, 0.2) is 69.6 Å². The van der Waals surface area contributed by atoms with Crippen molar-refractivity contribution in [2.24, 2.45) is 0 Å². The summed E-state index contributed by atoms with van der Waals surface area (Å²) < 4.78 is 7.93. The van der Waals surface area contributed by atoms with E-state index in [0.29, 0.717) is 0 Å². The fraction of sp³-hybridized carbons (Fsp3) is 0.415. The van der Waals surface area contributed by atoms with Crippen molar-refractivity contribution in [2.75, 3.05) is 0 Å². The highest BCUT2D eigenvalue weighted by atomic mass is 79.9. The number of unbranched alkanes of at least 4 members (excludes halogenated alkanes) is 10. The summed E-state index contributed by atoms with van der Waals surface area (Å²) in [4.78, 5) is 0. The highest BCUT2D eigenvalue weighted by Gasteiger charge is 2.43. The van der Waals surface area contributed by atoms with Crippen LogP contribution in [0.4, 0.5) is 0 Å². The van der Waals surface area contributed by atoms with E-state index in [4.69, 9.17) is 0 Å². The van der Waals surface area contributed by atoms with Crippen molar-refractivity contribution >= 4 is 94.9 Å². The molecule has 0 saturated carbocycles. The summed E-state index contributed by atoms with van der Waals surface area (Å²) >= 11 is 11.4. The van der Waals surface area contributed by atoms with Gasteiger partial charge in [0.1, 0.15) is 0 Å². The van der Waals surface area contributed by atoms with Gasteiger partial charge in [-0.1, -0.05) is 135 Å². The molecule has 7 rings (SSSR count). The average molecular weight is 761 g/mol. The SMILES string of the molecule is CCCCCCCCC1(CCCCCCCC)c2cc3c(cc2-c2cc4sc5cc(Br)ccc5c4cc21)sc1cc(Br)ccc13. The fourth-order valence-corrected chi connectivity index (χ4v) is 11.4. The maximum absolute atomic E-state index is 3.73. The summed E-state index contributed by atoms with van der Waals surface area (Å²) in [6.45, 7) is 4.64. The summed E-state index contributed by atoms with van der Waals surface area (Å²) in [5.74, 6) is 0. The normalized spacial score (nSPS) is 13.9. The minimum Gasteiger partial charge on any atom is -0.135 e. The molecule has 0 fully saturated rings. The Morgan fingerprint density at radius 3 is 1.31 bits per heavy atom. The number of hydrogen-bond donors (Lipinski definition) is 0. The maximum Gasteiger partial charge on any atom is 0.0366 e. The van der Waals surface area contributed by atoms with Crippen LogP contribution in [0.5, 0.6) is 0 Å². The van der Waals surface area contributed by atoms with E-state index in [1.54, 1.807) is 11.1 Å². The molecule has 0 nitrogen and oxygen atoms in total. The molecule has 1 aliphatic carbocycles. The third-order valence-corrected chi connectivity index (χ3v) is 13.6. The van der Waals surface area contributed by atoms with Gasteiger partial charge in [0.25, 0.3) is 0 Å². The number of rotatable bonds is 14. The number of hydrogen-bond acceptors (Lipinski definition) is 2. The van der Waals surface area contributed by atoms with Crippen LogP contribution in [0.1, 0.15) is 115 Å². The molecular weight excluding hydrogens is 716 g/mol. The molecule has 0 saturated heterocycles. The van der Waals surface area contributed by atoms with E-state index >= 15 is 0 Å². The first-order valence-electron chi connectivity index (χ1n) is 17.4. The van der Waals surface area contributed by atoms with Gasteiger partial charge in [-0.05, 0) is 83.6 Å². The van der Waals surface area contributed by atoms with E-state index in [1.165, 1.54) is 150 Å². The first-order chi connectivity index (χ1) is 22.0. The zero-order chi connectivity index (χ0) is 31.0. The lowest BCUT2D eigenvalue weighted by Crippen LogP contribution is -2.25. The van der Waals surface area contributed by atoms with Crippen molar-refractivity contribution in [1.29, 1.82) is 0 Å². The van der Waals surface area contributed by atoms with Crippen molar-refractivity contribution in [3.05, 3.63) is 80.7 Å². The summed E-state index contributed by atoms with van der Waals surface area (Å²) in [6.07, 6.45) is 18.7. The summed E-state index contributed by atoms with van der Waals surface area (Å²) in [5.41, 5.74) is 6.30. The molecule has 1 aliphatic rings. The predicted octanol–water partition coefficient (Wildman–Crippen LogP) is 15.7. The third kappa shape index (κ3) is 6.07. The Morgan fingerprint density at radius 1 is 0.467 bits per heavy atom. The summed E-state index contributed by atoms with van der Waals surface area (Å²) in [6, 6.07) is 24.1. The van der Waals surface area contributed by atoms with Gasteiger partial charge in [0.2, 0.25) is 0 Å². The first-order valence-corrected chi connectivity index (χ1v) is 20.6. The highest BCUT2D eigenvalue weighted by Crippen LogP contribution is 2.58. The van der Waals surface area contributed by atoms with E-state index < -0.39 is 0 Å². The second-order valence-corrected chi connectivity index (χ2v) is 17.4. The smallest absolute Gasteiger partial charge is 0.0366 e. The lowest BCUT2D eigenvalue weighted by molar-refractivity contribution is 0.398. The van der Waals surface area contributed by atoms with Gasteiger partial charge in [-0.15, -0.1) is 22.7 Å². The second kappa shape index (κ2) is 13.8. The lowest BCUT2D eigenvalue weighted by Gasteiger charge is -2.33. The molecule has 0 bridgehead atoms. The third-order valence-electron chi connectivity index (χ3n) is 10.4. The Kier molecular flexibility index (Phi) is 9.76. The van der Waals surface area contributed by atoms with Gasteiger partial charge in [-0.3, -0.25) is 0 Å². The van der Waals surface area contributed by atoms with E-state index in [2.05, 4.69) is 106 Å². The van der Waals surface area contributed by atoms with Gasteiger partial charge in [0.15, 0.2) is 0 Å². The quantitative estimate of drug-likeness (QED) is 0.0970. The van der Waals surface area contributed by atoms with Crippen molar-refractivity contribution in [2.45, 2.75) is 109 Å². The summed E-state index contributed by atoms with van der Waals surface area (Å²) in [7, 11) is 0. The van der Waals surface area contributed by atoms with Gasteiger partial charge in [-0.25, -0.2) is 0 Å². The predicted molar refractivity (Wildman–Crippen MR) is 210 cm³/mol. The Bertz CT molecular complexity index is 1830. The highest BCUT2D eigenvalue weighted by molar-refractivity contribution is 9.10. The van der Waals surface area contributed by atoms with Crippen molar-refractivity contribution < 1.29 is 0 Å². The maximum atomic E-state index is 3.73. The van der Waals surface area contributed by atoms with E-state index in [9.17, 15) is 0 Å². The van der Waals surface area contributed by atoms with Crippen molar-refractivity contribution in [1.82, 2.24) is 0 Å². The second-order valence-electron chi connectivity index (χ2n) is 13.4. The molecule has 2 aromatic heterocycles. The average Bonchev–Trinajstić information content (AvgIpc) is 3.65. The molecule has 234 valence electrons. The van der Waals surface area contributed by atoms with E-state index in [0.717, 1.165) is 0 Å². The van der Waals surface area contributed by atoms with Gasteiger partial charge in [0, 0.05) is 54.7 Å². The largest absolute Gasteiger partial charge is 0.135 e. The van der Waals surface area contributed by atoms with Gasteiger partial charge in [0.05, 0.1) is 0 Å². The molecule has 0 spiro atoms. The zero-order valence-corrected chi connectivity index (χ0v) is 31.6. The molecule has 0 aliphatic heterocycles. The van der Waals surface area contributed by atoms with Crippen LogP contribution >= 0.6 is 54.5 Å². The molecule has 4 aromatic carbocycles. The molecular formula is C41H44Br2S2. The van der Waals surface area contributed by atoms with Crippen LogP contribution in [-0.2, 0) is 5.41 Å². The van der Waals surface area contributed by atoms with Crippen LogP contribution in [0, 0.1) is 0 Å². The zero-order valence-electron chi connectivity index (χ0n) is 26.7. The van der Waals surface area contributed by atoms with Crippen molar-refractivity contribution in [3.63, 3.8) is 0 Å². The number of halogens is 2. The Hall–Kier alpha value is -1.72. The molecule has 45 heavy (non-hydrogen) atoms. The summed E-state index contributed by atoms with van der Waals surface area (Å²) in [5, 5.41) is 5.70. The monoisotopic (exact) mass is 758 g/mol. The Labute approximate surface area is 293 Å². The Balaban J connectivity index is 1.39. The molecule has 0 N–H and O–H groups in total. The molecule has 6 aromatic rings. The number of thiophene rings is 2. The molecule has 4 heteroatoms. The van der Waals surface area contributed by atoms with Crippen LogP contribution in [-0.4, -0.2) is 0 Å². The number of fused-ring (bicyclic) bond motifs is 9. The fourth-order valence-electron chi connectivity index (χ4n) is 8.05. The standard InChI is InChI=1S/C41H44Br2S2/c1-3-5-7-9-11-13-19-41(20-14-12-10-8-6-4-2)35-23-33-29-17-15-27(42)21-37(29)44-39(33)25-31(35)32-26-40-34(24-36(32)41)30-18-16-28(43)22-38(30)45-40/h15-18,21-26H,3-14,19-20H2,1-2H3. The molecule has 2 heterocycles. The van der Waals surface area contributed by atoms with Crippen LogP contribution < -0.4 is 0 Å². The molecule has 0 atom stereocenters. The molecule has 0 unspecified atom stereocenters. The van der Waals surface area contributed by atoms with Crippen LogP contribution in [0.25, 0.3) is 51.5 Å². The lowest BCUT2D eigenvalue weighted by atomic mass is 9.70. The van der Waals surface area contributed by atoms with Gasteiger partial charge < -0.3 is 0 Å². The minimum atomic E-state index is 0.0792. The van der Waals surface area contributed by atoms with Crippen molar-refractivity contribution in [3.8, 4) is 11.1 Å². The topological polar surface area (TPSA) is 0 Å². The van der Waals surface area contributed by atoms with Gasteiger partial charge in [-0.2, -0.15) is 0 Å². The molecule has 0 amide bonds. The van der Waals surface area contributed by atoms with E-state index in [-0.39, 0.29) is 5.41 Å². The Morgan fingerprint density at radius 2 is 0.867 bits per heavy atom. The number of benzene rings is 4. The van der Waals surface area contributed by atoms with Gasteiger partial charge >= 0.3 is 0 Å². The molecule has 0 radical (unpaired) electrons. The van der Waals surface area contributed by atoms with Crippen LogP contribution in [0.2, 0.25) is 0 Å².